The van der Waals surface area contributed by atoms with Crippen LogP contribution in [0.3, 0.4) is 0 Å². The Kier molecular flexibility index (Phi) is 3.27. The van der Waals surface area contributed by atoms with Gasteiger partial charge in [0, 0.05) is 20.1 Å². The molecule has 0 atom stereocenters. The molecule has 0 spiro atoms. The highest BCUT2D eigenvalue weighted by Gasteiger charge is 2.15. The molecule has 4 nitrogen and oxygen atoms in total. The first kappa shape index (κ1) is 11.2. The van der Waals surface area contributed by atoms with Gasteiger partial charge < -0.3 is 4.90 Å². The number of piperidine rings is 1. The summed E-state index contributed by atoms with van der Waals surface area (Å²) in [5.74, 6) is 1.83. The molecule has 1 fully saturated rings. The van der Waals surface area contributed by atoms with E-state index < -0.39 is 0 Å². The lowest BCUT2D eigenvalue weighted by Gasteiger charge is -2.24. The summed E-state index contributed by atoms with van der Waals surface area (Å²) in [5.41, 5.74) is 1.25. The van der Waals surface area contributed by atoms with Crippen LogP contribution in [0.25, 0.3) is 6.08 Å². The van der Waals surface area contributed by atoms with Crippen molar-refractivity contribution in [1.82, 2.24) is 14.8 Å². The first-order valence-electron chi connectivity index (χ1n) is 5.98. The monoisotopic (exact) mass is 220 g/mol. The number of anilines is 1. The van der Waals surface area contributed by atoms with Gasteiger partial charge in [-0.1, -0.05) is 5.57 Å². The van der Waals surface area contributed by atoms with Crippen LogP contribution < -0.4 is 4.90 Å². The van der Waals surface area contributed by atoms with Crippen molar-refractivity contribution in [2.75, 3.05) is 18.0 Å². The molecule has 1 aliphatic heterocycles. The minimum atomic E-state index is 0.884. The number of allylic oxidation sites excluding steroid dienone is 1. The summed E-state index contributed by atoms with van der Waals surface area (Å²) in [6, 6.07) is 0. The predicted octanol–water partition coefficient (Wildman–Crippen LogP) is 2.23. The lowest BCUT2D eigenvalue weighted by molar-refractivity contribution is 0.566. The van der Waals surface area contributed by atoms with Gasteiger partial charge in [-0.25, -0.2) is 4.68 Å². The second-order valence-electron chi connectivity index (χ2n) is 4.66. The van der Waals surface area contributed by atoms with E-state index in [1.54, 1.807) is 0 Å². The highest BCUT2D eigenvalue weighted by Crippen LogP contribution is 2.16. The molecule has 1 saturated heterocycles. The minimum Gasteiger partial charge on any atom is -0.340 e. The van der Waals surface area contributed by atoms with Gasteiger partial charge in [-0.15, -0.1) is 5.10 Å². The lowest BCUT2D eigenvalue weighted by Crippen LogP contribution is -2.30. The maximum absolute atomic E-state index is 4.58. The zero-order valence-corrected chi connectivity index (χ0v) is 10.4. The Hall–Kier alpha value is -1.32. The standard InChI is InChI=1S/C12H20N4/c1-10(2)9-11-13-12(14-15(11)3)16-7-5-4-6-8-16/h9H,4-8H2,1-3H3. The zero-order chi connectivity index (χ0) is 11.5. The van der Waals surface area contributed by atoms with Gasteiger partial charge in [0.15, 0.2) is 5.82 Å². The molecule has 0 amide bonds. The topological polar surface area (TPSA) is 34.0 Å². The van der Waals surface area contributed by atoms with E-state index in [1.807, 2.05) is 11.7 Å². The van der Waals surface area contributed by atoms with Crippen molar-refractivity contribution in [3.8, 4) is 0 Å². The van der Waals surface area contributed by atoms with Gasteiger partial charge in [0.2, 0.25) is 5.95 Å². The number of nitrogens with zero attached hydrogens (tertiary/aromatic N) is 4. The van der Waals surface area contributed by atoms with Crippen molar-refractivity contribution in [2.24, 2.45) is 7.05 Å². The fourth-order valence-electron chi connectivity index (χ4n) is 1.99. The number of rotatable bonds is 2. The molecule has 0 aromatic carbocycles. The van der Waals surface area contributed by atoms with Gasteiger partial charge in [0.1, 0.15) is 0 Å². The van der Waals surface area contributed by atoms with Crippen molar-refractivity contribution in [2.45, 2.75) is 33.1 Å². The Balaban J connectivity index is 2.19. The third-order valence-electron chi connectivity index (χ3n) is 2.84. The molecular formula is C12H20N4. The van der Waals surface area contributed by atoms with E-state index in [0.29, 0.717) is 0 Å². The Bertz CT molecular complexity index is 382. The highest BCUT2D eigenvalue weighted by molar-refractivity contribution is 5.46. The van der Waals surface area contributed by atoms with Gasteiger partial charge in [0.25, 0.3) is 0 Å². The Morgan fingerprint density at radius 3 is 2.50 bits per heavy atom. The summed E-state index contributed by atoms with van der Waals surface area (Å²) >= 11 is 0. The fraction of sp³-hybridized carbons (Fsp3) is 0.667. The Morgan fingerprint density at radius 1 is 1.19 bits per heavy atom. The number of hydrogen-bond acceptors (Lipinski definition) is 3. The zero-order valence-electron chi connectivity index (χ0n) is 10.4. The van der Waals surface area contributed by atoms with E-state index in [9.17, 15) is 0 Å². The van der Waals surface area contributed by atoms with Crippen LogP contribution in [0.4, 0.5) is 5.95 Å². The van der Waals surface area contributed by atoms with Crippen LogP contribution in [0.2, 0.25) is 0 Å². The maximum Gasteiger partial charge on any atom is 0.245 e. The minimum absolute atomic E-state index is 0.884. The van der Waals surface area contributed by atoms with E-state index in [1.165, 1.54) is 24.8 Å². The summed E-state index contributed by atoms with van der Waals surface area (Å²) in [7, 11) is 1.95. The molecule has 1 aromatic heterocycles. The molecule has 0 N–H and O–H groups in total. The van der Waals surface area contributed by atoms with E-state index >= 15 is 0 Å². The SMILES string of the molecule is CC(C)=Cc1nc(N2CCCCC2)nn1C. The second kappa shape index (κ2) is 4.68. The van der Waals surface area contributed by atoms with E-state index in [-0.39, 0.29) is 0 Å². The Morgan fingerprint density at radius 2 is 1.88 bits per heavy atom. The largest absolute Gasteiger partial charge is 0.340 e. The van der Waals surface area contributed by atoms with Crippen LogP contribution in [0.5, 0.6) is 0 Å². The summed E-state index contributed by atoms with van der Waals surface area (Å²) in [5, 5.41) is 4.47. The first-order valence-corrected chi connectivity index (χ1v) is 5.98. The molecule has 0 bridgehead atoms. The van der Waals surface area contributed by atoms with Gasteiger partial charge in [0.05, 0.1) is 0 Å². The van der Waals surface area contributed by atoms with Crippen molar-refractivity contribution >= 4 is 12.0 Å². The van der Waals surface area contributed by atoms with Crippen LogP contribution in [0.1, 0.15) is 38.9 Å². The highest BCUT2D eigenvalue weighted by atomic mass is 15.4. The summed E-state index contributed by atoms with van der Waals surface area (Å²) < 4.78 is 1.86. The van der Waals surface area contributed by atoms with Crippen molar-refractivity contribution in [3.05, 3.63) is 11.4 Å². The summed E-state index contributed by atoms with van der Waals surface area (Å²) in [6.07, 6.45) is 5.93. The van der Waals surface area contributed by atoms with Crippen LogP contribution in [0.15, 0.2) is 5.57 Å². The number of aromatic nitrogens is 3. The Labute approximate surface area is 97.0 Å². The van der Waals surface area contributed by atoms with Gasteiger partial charge in [-0.2, -0.15) is 4.98 Å². The average Bonchev–Trinajstić information content (AvgIpc) is 2.61. The number of aryl methyl sites for hydroxylation is 1. The van der Waals surface area contributed by atoms with Crippen molar-refractivity contribution < 1.29 is 0 Å². The molecule has 1 aromatic rings. The van der Waals surface area contributed by atoms with E-state index in [0.717, 1.165) is 24.9 Å². The normalized spacial score (nSPS) is 16.3. The van der Waals surface area contributed by atoms with Crippen molar-refractivity contribution in [3.63, 3.8) is 0 Å². The molecule has 0 unspecified atom stereocenters. The molecule has 4 heteroatoms. The molecule has 1 aliphatic rings. The van der Waals surface area contributed by atoms with Gasteiger partial charge in [-0.05, 0) is 39.2 Å². The molecule has 88 valence electrons. The van der Waals surface area contributed by atoms with Gasteiger partial charge >= 0.3 is 0 Å². The lowest BCUT2D eigenvalue weighted by atomic mass is 10.1. The number of hydrogen-bond donors (Lipinski definition) is 0. The van der Waals surface area contributed by atoms with Gasteiger partial charge in [-0.3, -0.25) is 0 Å². The molecule has 0 aliphatic carbocycles. The molecule has 16 heavy (non-hydrogen) atoms. The fourth-order valence-corrected chi connectivity index (χ4v) is 1.99. The van der Waals surface area contributed by atoms with E-state index in [4.69, 9.17) is 0 Å². The molecule has 2 heterocycles. The molecule has 2 rings (SSSR count). The second-order valence-corrected chi connectivity index (χ2v) is 4.66. The first-order chi connectivity index (χ1) is 7.66. The van der Waals surface area contributed by atoms with Crippen LogP contribution in [-0.2, 0) is 7.05 Å². The smallest absolute Gasteiger partial charge is 0.245 e. The quantitative estimate of drug-likeness (QED) is 0.766. The average molecular weight is 220 g/mol. The van der Waals surface area contributed by atoms with Crippen LogP contribution in [0, 0.1) is 0 Å². The van der Waals surface area contributed by atoms with E-state index in [2.05, 4.69) is 34.9 Å². The molecule has 0 radical (unpaired) electrons. The third kappa shape index (κ3) is 2.43. The molecular weight excluding hydrogens is 200 g/mol. The molecule has 0 saturated carbocycles. The summed E-state index contributed by atoms with van der Waals surface area (Å²) in [4.78, 5) is 6.86. The maximum atomic E-state index is 4.58. The van der Waals surface area contributed by atoms with Crippen LogP contribution in [-0.4, -0.2) is 27.9 Å². The third-order valence-corrected chi connectivity index (χ3v) is 2.84. The summed E-state index contributed by atoms with van der Waals surface area (Å²) in [6.45, 7) is 6.35. The predicted molar refractivity (Wildman–Crippen MR) is 66.4 cm³/mol. The van der Waals surface area contributed by atoms with Crippen molar-refractivity contribution in [1.29, 1.82) is 0 Å². The van der Waals surface area contributed by atoms with Crippen LogP contribution >= 0.6 is 0 Å².